The summed E-state index contributed by atoms with van der Waals surface area (Å²) in [6, 6.07) is 8.50. The third-order valence-corrected chi connectivity index (χ3v) is 5.01. The van der Waals surface area contributed by atoms with Crippen molar-refractivity contribution < 1.29 is 8.81 Å². The largest absolute Gasteiger partial charge is 0.423 e. The van der Waals surface area contributed by atoms with E-state index in [1.54, 1.807) is 6.92 Å². The zero-order chi connectivity index (χ0) is 18.1. The number of benzene rings is 1. The summed E-state index contributed by atoms with van der Waals surface area (Å²) < 4.78 is 20.1. The number of halogens is 1. The van der Waals surface area contributed by atoms with Crippen molar-refractivity contribution in [3.63, 3.8) is 0 Å². The van der Waals surface area contributed by atoms with E-state index in [-0.39, 0.29) is 5.82 Å². The van der Waals surface area contributed by atoms with Crippen molar-refractivity contribution >= 4 is 22.9 Å². The lowest BCUT2D eigenvalue weighted by Crippen LogP contribution is -2.38. The molecule has 7 heteroatoms. The maximum absolute atomic E-state index is 14.2. The maximum Gasteiger partial charge on any atom is 0.298 e. The first-order valence-corrected chi connectivity index (χ1v) is 8.90. The van der Waals surface area contributed by atoms with Gasteiger partial charge in [-0.25, -0.2) is 14.4 Å². The first-order chi connectivity index (χ1) is 12.6. The molecule has 0 aliphatic carbocycles. The number of fused-ring (bicyclic) bond motifs is 1. The van der Waals surface area contributed by atoms with Crippen LogP contribution < -0.4 is 9.80 Å². The molecule has 6 nitrogen and oxygen atoms in total. The van der Waals surface area contributed by atoms with Gasteiger partial charge in [-0.3, -0.25) is 0 Å². The molecule has 2 aromatic heterocycles. The topological polar surface area (TPSA) is 58.3 Å². The van der Waals surface area contributed by atoms with E-state index < -0.39 is 0 Å². The van der Waals surface area contributed by atoms with E-state index in [2.05, 4.69) is 19.9 Å². The highest BCUT2D eigenvalue weighted by Crippen LogP contribution is 2.27. The number of hydrogen-bond donors (Lipinski definition) is 0. The number of rotatable bonds is 4. The quantitative estimate of drug-likeness (QED) is 0.715. The molecule has 0 N–H and O–H groups in total. The molecule has 1 aromatic carbocycles. The van der Waals surface area contributed by atoms with E-state index in [1.165, 1.54) is 6.33 Å². The molecule has 0 amide bonds. The average molecular weight is 355 g/mol. The number of aromatic nitrogens is 3. The Morgan fingerprint density at radius 3 is 2.77 bits per heavy atom. The second kappa shape index (κ2) is 6.90. The van der Waals surface area contributed by atoms with E-state index >= 15 is 0 Å². The molecule has 0 unspecified atom stereocenters. The Bertz CT molecular complexity index is 871. The van der Waals surface area contributed by atoms with Crippen molar-refractivity contribution in [1.82, 2.24) is 15.0 Å². The Labute approximate surface area is 151 Å². The highest BCUT2D eigenvalue weighted by atomic mass is 19.1. The summed E-state index contributed by atoms with van der Waals surface area (Å²) in [7, 11) is 1.89. The van der Waals surface area contributed by atoms with E-state index in [0.29, 0.717) is 23.4 Å². The van der Waals surface area contributed by atoms with Crippen LogP contribution in [0.1, 0.15) is 18.5 Å². The molecule has 0 saturated carbocycles. The first kappa shape index (κ1) is 16.8. The van der Waals surface area contributed by atoms with Crippen molar-refractivity contribution in [2.75, 3.05) is 36.5 Å². The van der Waals surface area contributed by atoms with Gasteiger partial charge in [-0.2, -0.15) is 4.98 Å². The molecule has 1 aliphatic rings. The Morgan fingerprint density at radius 1 is 1.23 bits per heavy atom. The number of anilines is 2. The lowest BCUT2D eigenvalue weighted by molar-refractivity contribution is 0.391. The molecule has 1 saturated heterocycles. The number of piperidine rings is 1. The molecule has 3 heterocycles. The minimum atomic E-state index is -0.334. The van der Waals surface area contributed by atoms with Gasteiger partial charge in [-0.05, 0) is 37.8 Å². The summed E-state index contributed by atoms with van der Waals surface area (Å²) in [6.45, 7) is 4.20. The summed E-state index contributed by atoms with van der Waals surface area (Å²) in [4.78, 5) is 16.6. The molecule has 1 fully saturated rings. The van der Waals surface area contributed by atoms with Crippen LogP contribution in [-0.4, -0.2) is 41.6 Å². The van der Waals surface area contributed by atoms with Gasteiger partial charge in [0.25, 0.3) is 6.01 Å². The average Bonchev–Trinajstić information content (AvgIpc) is 3.08. The van der Waals surface area contributed by atoms with E-state index in [0.717, 1.165) is 43.6 Å². The zero-order valence-corrected chi connectivity index (χ0v) is 15.0. The second-order valence-corrected chi connectivity index (χ2v) is 6.87. The van der Waals surface area contributed by atoms with Crippen LogP contribution in [0.2, 0.25) is 0 Å². The minimum absolute atomic E-state index is 0.334. The third-order valence-electron chi connectivity index (χ3n) is 5.01. The standard InChI is InChI=1S/C19H22FN5O/c1-13-17(20)18(22-12-21-13)24(2)11-14-7-9-25(10-8-14)19-23-15-5-3-4-6-16(15)26-19/h3-6,12,14H,7-11H2,1-2H3. The Kier molecular flexibility index (Phi) is 4.44. The number of hydrogen-bond acceptors (Lipinski definition) is 6. The summed E-state index contributed by atoms with van der Waals surface area (Å²) in [5.74, 6) is 0.521. The van der Waals surface area contributed by atoms with Gasteiger partial charge in [0.05, 0.1) is 5.69 Å². The summed E-state index contributed by atoms with van der Waals surface area (Å²) in [5, 5.41) is 0. The number of nitrogens with zero attached hydrogens (tertiary/aromatic N) is 5. The van der Waals surface area contributed by atoms with Gasteiger partial charge in [-0.1, -0.05) is 12.1 Å². The van der Waals surface area contributed by atoms with Crippen LogP contribution in [0.25, 0.3) is 11.1 Å². The fourth-order valence-corrected chi connectivity index (χ4v) is 3.49. The van der Waals surface area contributed by atoms with Crippen LogP contribution >= 0.6 is 0 Å². The molecule has 26 heavy (non-hydrogen) atoms. The van der Waals surface area contributed by atoms with Crippen LogP contribution in [0, 0.1) is 18.7 Å². The minimum Gasteiger partial charge on any atom is -0.423 e. The molecule has 136 valence electrons. The van der Waals surface area contributed by atoms with Gasteiger partial charge in [0.1, 0.15) is 11.8 Å². The molecule has 0 spiro atoms. The lowest BCUT2D eigenvalue weighted by atomic mass is 9.96. The fraction of sp³-hybridized carbons (Fsp3) is 0.421. The van der Waals surface area contributed by atoms with Crippen molar-refractivity contribution in [3.8, 4) is 0 Å². The Morgan fingerprint density at radius 2 is 2.00 bits per heavy atom. The van der Waals surface area contributed by atoms with Crippen molar-refractivity contribution in [1.29, 1.82) is 0 Å². The van der Waals surface area contributed by atoms with Crippen LogP contribution in [-0.2, 0) is 0 Å². The second-order valence-electron chi connectivity index (χ2n) is 6.87. The van der Waals surface area contributed by atoms with E-state index in [1.807, 2.05) is 36.2 Å². The van der Waals surface area contributed by atoms with E-state index in [4.69, 9.17) is 4.42 Å². The highest BCUT2D eigenvalue weighted by Gasteiger charge is 2.24. The van der Waals surface area contributed by atoms with Crippen LogP contribution in [0.4, 0.5) is 16.2 Å². The first-order valence-electron chi connectivity index (χ1n) is 8.90. The number of aryl methyl sites for hydroxylation is 1. The van der Waals surface area contributed by atoms with Crippen molar-refractivity contribution in [2.24, 2.45) is 5.92 Å². The van der Waals surface area contributed by atoms with Gasteiger partial charge in [-0.15, -0.1) is 0 Å². The van der Waals surface area contributed by atoms with Crippen molar-refractivity contribution in [3.05, 3.63) is 42.1 Å². The normalized spacial score (nSPS) is 15.6. The molecular formula is C19H22FN5O. The SMILES string of the molecule is Cc1ncnc(N(C)CC2CCN(c3nc4ccccc4o3)CC2)c1F. The summed E-state index contributed by atoms with van der Waals surface area (Å²) >= 11 is 0. The fourth-order valence-electron chi connectivity index (χ4n) is 3.49. The van der Waals surface area contributed by atoms with Gasteiger partial charge >= 0.3 is 0 Å². The molecule has 4 rings (SSSR count). The summed E-state index contributed by atoms with van der Waals surface area (Å²) in [6.07, 6.45) is 3.43. The number of oxazole rings is 1. The molecule has 3 aromatic rings. The Hall–Kier alpha value is -2.70. The van der Waals surface area contributed by atoms with Gasteiger partial charge in [0.15, 0.2) is 17.2 Å². The smallest absolute Gasteiger partial charge is 0.298 e. The molecule has 0 atom stereocenters. The monoisotopic (exact) mass is 355 g/mol. The van der Waals surface area contributed by atoms with Crippen LogP contribution in [0.15, 0.2) is 35.0 Å². The maximum atomic E-state index is 14.2. The van der Waals surface area contributed by atoms with Crippen LogP contribution in [0.5, 0.6) is 0 Å². The predicted octanol–water partition coefficient (Wildman–Crippen LogP) is 3.42. The number of para-hydroxylation sites is 2. The third kappa shape index (κ3) is 3.21. The van der Waals surface area contributed by atoms with E-state index in [9.17, 15) is 4.39 Å². The molecule has 1 aliphatic heterocycles. The Balaban J connectivity index is 1.38. The van der Waals surface area contributed by atoms with Crippen LogP contribution in [0.3, 0.4) is 0 Å². The molecule has 0 radical (unpaired) electrons. The van der Waals surface area contributed by atoms with Gasteiger partial charge in [0, 0.05) is 26.7 Å². The molecule has 0 bridgehead atoms. The zero-order valence-electron chi connectivity index (χ0n) is 15.0. The van der Waals surface area contributed by atoms with Crippen molar-refractivity contribution in [2.45, 2.75) is 19.8 Å². The van der Waals surface area contributed by atoms with Gasteiger partial charge < -0.3 is 14.2 Å². The van der Waals surface area contributed by atoms with Gasteiger partial charge in [0.2, 0.25) is 0 Å². The lowest BCUT2D eigenvalue weighted by Gasteiger charge is -2.33. The predicted molar refractivity (Wildman–Crippen MR) is 98.9 cm³/mol. The molecular weight excluding hydrogens is 333 g/mol. The summed E-state index contributed by atoms with van der Waals surface area (Å²) in [5.41, 5.74) is 2.09. The highest BCUT2D eigenvalue weighted by molar-refractivity contribution is 5.74.